The summed E-state index contributed by atoms with van der Waals surface area (Å²) in [6, 6.07) is 23.9. The van der Waals surface area contributed by atoms with E-state index >= 15 is 0 Å². The van der Waals surface area contributed by atoms with Crippen LogP contribution in [0.4, 0.5) is 0 Å². The number of ether oxygens (including phenoxy) is 3. The Labute approximate surface area is 163 Å². The van der Waals surface area contributed by atoms with Crippen LogP contribution in [0.2, 0.25) is 0 Å². The molecule has 0 bridgehead atoms. The Kier molecular flexibility index (Phi) is 6.62. The van der Waals surface area contributed by atoms with Crippen molar-refractivity contribution in [3.8, 4) is 23.0 Å². The Morgan fingerprint density at radius 2 is 1.61 bits per heavy atom. The summed E-state index contributed by atoms with van der Waals surface area (Å²) in [5.74, 6) is 2.37. The zero-order valence-corrected chi connectivity index (χ0v) is 15.4. The largest absolute Gasteiger partial charge is 0.497 e. The molecule has 0 unspecified atom stereocenters. The van der Waals surface area contributed by atoms with Crippen molar-refractivity contribution in [1.29, 1.82) is 0 Å². The van der Waals surface area contributed by atoms with Gasteiger partial charge in [0.25, 0.3) is 5.91 Å². The number of hydrogen-bond donors (Lipinski definition) is 1. The third-order valence-electron chi connectivity index (χ3n) is 3.67. The number of carbonyl (C=O) groups is 1. The summed E-state index contributed by atoms with van der Waals surface area (Å²) in [5.41, 5.74) is 3.23. The Balaban J connectivity index is 1.48. The van der Waals surface area contributed by atoms with E-state index in [1.165, 1.54) is 0 Å². The molecule has 1 amide bonds. The van der Waals surface area contributed by atoms with Gasteiger partial charge in [0.1, 0.15) is 23.0 Å². The number of hydrazone groups is 1. The van der Waals surface area contributed by atoms with Gasteiger partial charge in [-0.1, -0.05) is 30.3 Å². The molecule has 28 heavy (non-hydrogen) atoms. The van der Waals surface area contributed by atoms with Crippen LogP contribution in [0, 0.1) is 0 Å². The third kappa shape index (κ3) is 5.88. The van der Waals surface area contributed by atoms with E-state index < -0.39 is 0 Å². The first-order valence-corrected chi connectivity index (χ1v) is 8.64. The molecule has 0 radical (unpaired) electrons. The van der Waals surface area contributed by atoms with Gasteiger partial charge in [0.15, 0.2) is 6.61 Å². The van der Waals surface area contributed by atoms with E-state index in [1.54, 1.807) is 37.6 Å². The van der Waals surface area contributed by atoms with E-state index in [2.05, 4.69) is 10.5 Å². The molecule has 142 valence electrons. The maximum absolute atomic E-state index is 11.8. The third-order valence-corrected chi connectivity index (χ3v) is 3.67. The molecular formula is C22H20N2O4. The van der Waals surface area contributed by atoms with E-state index in [-0.39, 0.29) is 12.5 Å². The molecule has 0 spiro atoms. The van der Waals surface area contributed by atoms with E-state index in [4.69, 9.17) is 14.2 Å². The van der Waals surface area contributed by atoms with E-state index in [9.17, 15) is 4.79 Å². The summed E-state index contributed by atoms with van der Waals surface area (Å²) < 4.78 is 16.2. The van der Waals surface area contributed by atoms with Gasteiger partial charge in [-0.2, -0.15) is 5.10 Å². The van der Waals surface area contributed by atoms with Crippen molar-refractivity contribution < 1.29 is 19.0 Å². The minimum absolute atomic E-state index is 0.138. The Bertz CT molecular complexity index is 925. The molecule has 1 N–H and O–H groups in total. The van der Waals surface area contributed by atoms with Crippen LogP contribution in [-0.2, 0) is 4.79 Å². The van der Waals surface area contributed by atoms with Crippen LogP contribution in [0.5, 0.6) is 23.0 Å². The minimum Gasteiger partial charge on any atom is -0.497 e. The van der Waals surface area contributed by atoms with Crippen molar-refractivity contribution in [1.82, 2.24) is 5.43 Å². The molecule has 6 nitrogen and oxygen atoms in total. The van der Waals surface area contributed by atoms with Crippen molar-refractivity contribution in [3.63, 3.8) is 0 Å². The Morgan fingerprint density at radius 1 is 0.893 bits per heavy atom. The SMILES string of the molecule is COc1ccc(OCC(=O)N/N=C/c2cccc(Oc3ccccc3)c2)cc1. The maximum atomic E-state index is 11.8. The van der Waals surface area contributed by atoms with Crippen molar-refractivity contribution in [2.75, 3.05) is 13.7 Å². The van der Waals surface area contributed by atoms with Gasteiger partial charge in [0.2, 0.25) is 0 Å². The number of carbonyl (C=O) groups excluding carboxylic acids is 1. The zero-order valence-electron chi connectivity index (χ0n) is 15.4. The quantitative estimate of drug-likeness (QED) is 0.476. The summed E-state index contributed by atoms with van der Waals surface area (Å²) >= 11 is 0. The summed E-state index contributed by atoms with van der Waals surface area (Å²) in [7, 11) is 1.59. The predicted octanol–water partition coefficient (Wildman–Crippen LogP) is 4.02. The number of hydrogen-bond acceptors (Lipinski definition) is 5. The van der Waals surface area contributed by atoms with Crippen molar-refractivity contribution in [2.45, 2.75) is 0 Å². The fraction of sp³-hybridized carbons (Fsp3) is 0.0909. The summed E-state index contributed by atoms with van der Waals surface area (Å²) in [5, 5.41) is 3.95. The first-order valence-electron chi connectivity index (χ1n) is 8.64. The fourth-order valence-corrected chi connectivity index (χ4v) is 2.31. The monoisotopic (exact) mass is 376 g/mol. The van der Waals surface area contributed by atoms with Gasteiger partial charge >= 0.3 is 0 Å². The van der Waals surface area contributed by atoms with E-state index in [0.717, 1.165) is 17.1 Å². The molecule has 0 heterocycles. The average Bonchev–Trinajstić information content (AvgIpc) is 2.74. The molecule has 0 saturated heterocycles. The van der Waals surface area contributed by atoms with E-state index in [1.807, 2.05) is 54.6 Å². The lowest BCUT2D eigenvalue weighted by Crippen LogP contribution is -2.24. The lowest BCUT2D eigenvalue weighted by atomic mass is 10.2. The summed E-state index contributed by atoms with van der Waals surface area (Å²) in [6.07, 6.45) is 1.54. The van der Waals surface area contributed by atoms with Crippen LogP contribution >= 0.6 is 0 Å². The number of nitrogens with one attached hydrogen (secondary N) is 1. The highest BCUT2D eigenvalue weighted by atomic mass is 16.5. The van der Waals surface area contributed by atoms with Crippen molar-refractivity contribution in [3.05, 3.63) is 84.4 Å². The van der Waals surface area contributed by atoms with Crippen LogP contribution in [0.3, 0.4) is 0 Å². The van der Waals surface area contributed by atoms with Crippen molar-refractivity contribution >= 4 is 12.1 Å². The molecule has 3 aromatic rings. The molecule has 3 rings (SSSR count). The highest BCUT2D eigenvalue weighted by Crippen LogP contribution is 2.21. The molecule has 3 aromatic carbocycles. The number of amides is 1. The molecule has 0 aliphatic rings. The molecule has 0 atom stereocenters. The smallest absolute Gasteiger partial charge is 0.277 e. The van der Waals surface area contributed by atoms with Crippen molar-refractivity contribution in [2.24, 2.45) is 5.10 Å². The fourth-order valence-electron chi connectivity index (χ4n) is 2.31. The number of benzene rings is 3. The highest BCUT2D eigenvalue weighted by Gasteiger charge is 2.02. The first-order chi connectivity index (χ1) is 13.7. The molecule has 0 aliphatic carbocycles. The molecule has 0 fully saturated rings. The number of rotatable bonds is 8. The predicted molar refractivity (Wildman–Crippen MR) is 107 cm³/mol. The second kappa shape index (κ2) is 9.78. The van der Waals surface area contributed by atoms with Gasteiger partial charge in [0.05, 0.1) is 13.3 Å². The number of para-hydroxylation sites is 1. The average molecular weight is 376 g/mol. The van der Waals surface area contributed by atoms with Crippen LogP contribution in [0.25, 0.3) is 0 Å². The van der Waals surface area contributed by atoms with Gasteiger partial charge in [-0.3, -0.25) is 4.79 Å². The molecule has 6 heteroatoms. The highest BCUT2D eigenvalue weighted by molar-refractivity contribution is 5.83. The molecular weight excluding hydrogens is 356 g/mol. The zero-order chi connectivity index (χ0) is 19.6. The van der Waals surface area contributed by atoms with Gasteiger partial charge in [-0.25, -0.2) is 5.43 Å². The lowest BCUT2D eigenvalue weighted by molar-refractivity contribution is -0.123. The topological polar surface area (TPSA) is 69.2 Å². The number of nitrogens with zero attached hydrogens (tertiary/aromatic N) is 1. The molecule has 0 saturated carbocycles. The Morgan fingerprint density at radius 3 is 2.36 bits per heavy atom. The van der Waals surface area contributed by atoms with Gasteiger partial charge in [0, 0.05) is 0 Å². The Hall–Kier alpha value is -3.80. The second-order valence-corrected chi connectivity index (χ2v) is 5.74. The van der Waals surface area contributed by atoms with E-state index in [0.29, 0.717) is 11.5 Å². The normalized spacial score (nSPS) is 10.5. The van der Waals surface area contributed by atoms with Gasteiger partial charge < -0.3 is 14.2 Å². The maximum Gasteiger partial charge on any atom is 0.277 e. The first kappa shape index (κ1) is 19.0. The van der Waals surface area contributed by atoms with Gasteiger partial charge in [-0.15, -0.1) is 0 Å². The standard InChI is InChI=1S/C22H20N2O4/c1-26-18-10-12-19(13-11-18)27-16-22(25)24-23-15-17-6-5-9-21(14-17)28-20-7-3-2-4-8-20/h2-15H,16H2,1H3,(H,24,25)/b23-15+. The van der Waals surface area contributed by atoms with Crippen LogP contribution < -0.4 is 19.6 Å². The molecule has 0 aromatic heterocycles. The van der Waals surface area contributed by atoms with Gasteiger partial charge in [-0.05, 0) is 54.1 Å². The minimum atomic E-state index is -0.358. The molecule has 0 aliphatic heterocycles. The lowest BCUT2D eigenvalue weighted by Gasteiger charge is -2.06. The van der Waals surface area contributed by atoms with Crippen LogP contribution in [0.1, 0.15) is 5.56 Å². The van der Waals surface area contributed by atoms with Crippen LogP contribution in [-0.4, -0.2) is 25.8 Å². The number of methoxy groups -OCH3 is 1. The second-order valence-electron chi connectivity index (χ2n) is 5.74. The summed E-state index contributed by atoms with van der Waals surface area (Å²) in [6.45, 7) is -0.138. The summed E-state index contributed by atoms with van der Waals surface area (Å²) in [4.78, 5) is 11.8. The van der Waals surface area contributed by atoms with Crippen LogP contribution in [0.15, 0.2) is 84.0 Å².